The molecular formula is C16H17FN2O2S2. The fraction of sp³-hybridized carbons (Fsp3) is 0.250. The zero-order chi connectivity index (χ0) is 16.6. The van der Waals surface area contributed by atoms with Crippen molar-refractivity contribution in [3.63, 3.8) is 0 Å². The average molecular weight is 352 g/mol. The van der Waals surface area contributed by atoms with Gasteiger partial charge in [0.15, 0.2) is 0 Å². The molecule has 3 aromatic rings. The van der Waals surface area contributed by atoms with Crippen LogP contribution in [0.2, 0.25) is 0 Å². The predicted octanol–water partition coefficient (Wildman–Crippen LogP) is 3.51. The Morgan fingerprint density at radius 2 is 2.00 bits per heavy atom. The Kier molecular flexibility index (Phi) is 4.27. The molecule has 1 aromatic carbocycles. The van der Waals surface area contributed by atoms with Crippen LogP contribution < -0.4 is 4.72 Å². The van der Waals surface area contributed by atoms with Crippen LogP contribution in [0.5, 0.6) is 0 Å². The van der Waals surface area contributed by atoms with Gasteiger partial charge < -0.3 is 4.98 Å². The molecule has 2 heterocycles. The second-order valence-corrected chi connectivity index (χ2v) is 8.71. The van der Waals surface area contributed by atoms with Crippen LogP contribution in [-0.2, 0) is 16.4 Å². The van der Waals surface area contributed by atoms with Crippen LogP contribution in [0.4, 0.5) is 4.39 Å². The third kappa shape index (κ3) is 3.31. The van der Waals surface area contributed by atoms with Crippen molar-refractivity contribution < 1.29 is 12.8 Å². The number of nitrogens with one attached hydrogen (secondary N) is 2. The first-order valence-electron chi connectivity index (χ1n) is 7.19. The number of sulfonamides is 1. The molecule has 0 aliphatic carbocycles. The quantitative estimate of drug-likeness (QED) is 0.738. The summed E-state index contributed by atoms with van der Waals surface area (Å²) in [5.74, 6) is -0.299. The number of aromatic amines is 1. The maximum atomic E-state index is 13.4. The number of aryl methyl sites for hydroxylation is 2. The molecule has 0 saturated heterocycles. The summed E-state index contributed by atoms with van der Waals surface area (Å²) < 4.78 is 40.8. The van der Waals surface area contributed by atoms with Gasteiger partial charge in [0.1, 0.15) is 10.0 Å². The molecule has 2 aromatic heterocycles. The SMILES string of the molecule is Cc1ccc(S(=O)(=O)NCCc2c(C)[nH]c3ccc(F)cc23)s1. The van der Waals surface area contributed by atoms with Gasteiger partial charge in [-0.15, -0.1) is 11.3 Å². The number of benzene rings is 1. The zero-order valence-electron chi connectivity index (χ0n) is 12.8. The molecule has 0 unspecified atom stereocenters. The van der Waals surface area contributed by atoms with Gasteiger partial charge in [-0.25, -0.2) is 17.5 Å². The normalized spacial score (nSPS) is 12.1. The van der Waals surface area contributed by atoms with E-state index in [1.165, 1.54) is 23.5 Å². The molecule has 122 valence electrons. The minimum absolute atomic E-state index is 0.267. The van der Waals surface area contributed by atoms with E-state index in [1.54, 1.807) is 18.2 Å². The van der Waals surface area contributed by atoms with Crippen LogP contribution in [0.3, 0.4) is 0 Å². The van der Waals surface area contributed by atoms with Crippen LogP contribution >= 0.6 is 11.3 Å². The molecule has 0 radical (unpaired) electrons. The van der Waals surface area contributed by atoms with E-state index in [0.717, 1.165) is 27.0 Å². The van der Waals surface area contributed by atoms with Crippen molar-refractivity contribution in [2.45, 2.75) is 24.5 Å². The topological polar surface area (TPSA) is 62.0 Å². The summed E-state index contributed by atoms with van der Waals surface area (Å²) in [5.41, 5.74) is 2.72. The van der Waals surface area contributed by atoms with E-state index in [2.05, 4.69) is 9.71 Å². The Hall–Kier alpha value is -1.70. The largest absolute Gasteiger partial charge is 0.358 e. The minimum Gasteiger partial charge on any atom is -0.358 e. The Labute approximate surface area is 138 Å². The fourth-order valence-electron chi connectivity index (χ4n) is 2.61. The summed E-state index contributed by atoms with van der Waals surface area (Å²) >= 11 is 1.24. The van der Waals surface area contributed by atoms with E-state index in [0.29, 0.717) is 10.6 Å². The molecule has 0 bridgehead atoms. The van der Waals surface area contributed by atoms with E-state index in [1.807, 2.05) is 13.8 Å². The van der Waals surface area contributed by atoms with Crippen LogP contribution in [0.25, 0.3) is 10.9 Å². The van der Waals surface area contributed by atoms with Crippen molar-refractivity contribution in [3.8, 4) is 0 Å². The van der Waals surface area contributed by atoms with Crippen molar-refractivity contribution in [1.82, 2.24) is 9.71 Å². The number of thiophene rings is 1. The molecule has 0 saturated carbocycles. The predicted molar refractivity (Wildman–Crippen MR) is 90.9 cm³/mol. The zero-order valence-corrected chi connectivity index (χ0v) is 14.4. The molecule has 0 amide bonds. The van der Waals surface area contributed by atoms with Crippen molar-refractivity contribution in [1.29, 1.82) is 0 Å². The number of H-pyrrole nitrogens is 1. The second-order valence-electron chi connectivity index (χ2n) is 5.43. The average Bonchev–Trinajstić information content (AvgIpc) is 3.04. The molecule has 7 heteroatoms. The van der Waals surface area contributed by atoms with E-state index >= 15 is 0 Å². The second kappa shape index (κ2) is 6.07. The first-order valence-corrected chi connectivity index (χ1v) is 9.49. The first kappa shape index (κ1) is 16.2. The highest BCUT2D eigenvalue weighted by atomic mass is 32.2. The molecule has 0 atom stereocenters. The van der Waals surface area contributed by atoms with E-state index in [4.69, 9.17) is 0 Å². The van der Waals surface area contributed by atoms with Crippen LogP contribution in [0.1, 0.15) is 16.1 Å². The van der Waals surface area contributed by atoms with Gasteiger partial charge in [-0.2, -0.15) is 0 Å². The molecule has 3 rings (SSSR count). The van der Waals surface area contributed by atoms with Gasteiger partial charge in [0.05, 0.1) is 0 Å². The summed E-state index contributed by atoms with van der Waals surface area (Å²) in [5, 5.41) is 0.800. The van der Waals surface area contributed by atoms with E-state index in [9.17, 15) is 12.8 Å². The molecule has 0 aliphatic rings. The Morgan fingerprint density at radius 1 is 1.22 bits per heavy atom. The van der Waals surface area contributed by atoms with Crippen LogP contribution in [-0.4, -0.2) is 19.9 Å². The van der Waals surface area contributed by atoms with E-state index in [-0.39, 0.29) is 12.4 Å². The molecule has 4 nitrogen and oxygen atoms in total. The molecule has 0 spiro atoms. The third-order valence-corrected chi connectivity index (χ3v) is 6.68. The number of hydrogen-bond acceptors (Lipinski definition) is 3. The lowest BCUT2D eigenvalue weighted by atomic mass is 10.1. The highest BCUT2D eigenvalue weighted by molar-refractivity contribution is 7.91. The lowest BCUT2D eigenvalue weighted by molar-refractivity contribution is 0.583. The lowest BCUT2D eigenvalue weighted by Crippen LogP contribution is -2.25. The summed E-state index contributed by atoms with van der Waals surface area (Å²) in [7, 11) is -3.48. The molecule has 2 N–H and O–H groups in total. The fourth-order valence-corrected chi connectivity index (χ4v) is 4.97. The Morgan fingerprint density at radius 3 is 2.70 bits per heavy atom. The molecular weight excluding hydrogens is 335 g/mol. The van der Waals surface area contributed by atoms with Gasteiger partial charge in [0.25, 0.3) is 0 Å². The van der Waals surface area contributed by atoms with Crippen molar-refractivity contribution in [2.75, 3.05) is 6.54 Å². The van der Waals surface area contributed by atoms with Crippen LogP contribution in [0.15, 0.2) is 34.5 Å². The highest BCUT2D eigenvalue weighted by Crippen LogP contribution is 2.24. The number of aromatic nitrogens is 1. The van der Waals surface area contributed by atoms with Crippen LogP contribution in [0, 0.1) is 19.7 Å². The number of hydrogen-bond donors (Lipinski definition) is 2. The van der Waals surface area contributed by atoms with Gasteiger partial charge in [-0.1, -0.05) is 0 Å². The van der Waals surface area contributed by atoms with Gasteiger partial charge in [-0.05, 0) is 56.2 Å². The number of halogens is 1. The summed E-state index contributed by atoms with van der Waals surface area (Å²) in [4.78, 5) is 4.15. The van der Waals surface area contributed by atoms with E-state index < -0.39 is 10.0 Å². The lowest BCUT2D eigenvalue weighted by Gasteiger charge is -2.05. The maximum absolute atomic E-state index is 13.4. The van der Waals surface area contributed by atoms with Gasteiger partial charge in [0, 0.05) is 28.0 Å². The molecule has 0 fully saturated rings. The van der Waals surface area contributed by atoms with Crippen molar-refractivity contribution in [3.05, 3.63) is 52.3 Å². The summed E-state index contributed by atoms with van der Waals surface area (Å²) in [6.07, 6.45) is 0.499. The Balaban J connectivity index is 1.76. The van der Waals surface area contributed by atoms with Crippen molar-refractivity contribution in [2.24, 2.45) is 0 Å². The summed E-state index contributed by atoms with van der Waals surface area (Å²) in [6.45, 7) is 4.04. The summed E-state index contributed by atoms with van der Waals surface area (Å²) in [6, 6.07) is 7.97. The van der Waals surface area contributed by atoms with Crippen molar-refractivity contribution >= 4 is 32.3 Å². The van der Waals surface area contributed by atoms with Gasteiger partial charge in [-0.3, -0.25) is 0 Å². The van der Waals surface area contributed by atoms with Gasteiger partial charge >= 0.3 is 0 Å². The highest BCUT2D eigenvalue weighted by Gasteiger charge is 2.16. The molecule has 0 aliphatic heterocycles. The number of rotatable bonds is 5. The Bertz CT molecular complexity index is 958. The van der Waals surface area contributed by atoms with Gasteiger partial charge in [0.2, 0.25) is 10.0 Å². The third-order valence-electron chi connectivity index (χ3n) is 3.73. The molecule has 23 heavy (non-hydrogen) atoms. The first-order chi connectivity index (χ1) is 10.9. The maximum Gasteiger partial charge on any atom is 0.250 e. The standard InChI is InChI=1S/C16H17FN2O2S2/c1-10-3-6-16(22-10)23(20,21)18-8-7-13-11(2)19-15-5-4-12(17)9-14(13)15/h3-6,9,18-19H,7-8H2,1-2H3. The minimum atomic E-state index is -3.48. The number of fused-ring (bicyclic) bond motifs is 1. The smallest absolute Gasteiger partial charge is 0.250 e. The monoisotopic (exact) mass is 352 g/mol.